The number of amides is 1. The van der Waals surface area contributed by atoms with Crippen molar-refractivity contribution in [3.05, 3.63) is 65.5 Å². The van der Waals surface area contributed by atoms with Crippen molar-refractivity contribution in [3.63, 3.8) is 0 Å². The molecule has 4 rings (SSSR count). The van der Waals surface area contributed by atoms with E-state index in [1.54, 1.807) is 12.1 Å². The SMILES string of the molecule is NC(=O)c1ccc(CN2CCC[C@@H](c3nc4ccccc4o3)C2)cc1. The van der Waals surface area contributed by atoms with Gasteiger partial charge in [-0.3, -0.25) is 9.69 Å². The Morgan fingerprint density at radius 2 is 2.00 bits per heavy atom. The van der Waals surface area contributed by atoms with Crippen molar-refractivity contribution in [1.29, 1.82) is 0 Å². The average Bonchev–Trinajstić information content (AvgIpc) is 3.07. The number of carbonyl (C=O) groups excluding carboxylic acids is 1. The number of oxazole rings is 1. The first-order chi connectivity index (χ1) is 12.2. The molecule has 1 amide bonds. The Bertz CT molecular complexity index is 852. The molecule has 5 heteroatoms. The van der Waals surface area contributed by atoms with Crippen molar-refractivity contribution in [3.8, 4) is 0 Å². The quantitative estimate of drug-likeness (QED) is 0.794. The summed E-state index contributed by atoms with van der Waals surface area (Å²) in [4.78, 5) is 18.3. The largest absolute Gasteiger partial charge is 0.440 e. The molecule has 1 aliphatic heterocycles. The second-order valence-corrected chi connectivity index (χ2v) is 6.66. The van der Waals surface area contributed by atoms with Crippen LogP contribution in [0.15, 0.2) is 52.9 Å². The number of primary amides is 1. The molecule has 128 valence electrons. The van der Waals surface area contributed by atoms with Crippen molar-refractivity contribution in [2.45, 2.75) is 25.3 Å². The third-order valence-corrected chi connectivity index (χ3v) is 4.81. The molecule has 0 radical (unpaired) electrons. The lowest BCUT2D eigenvalue weighted by molar-refractivity contribution is 0.1000. The molecule has 1 aromatic heterocycles. The zero-order valence-electron chi connectivity index (χ0n) is 14.0. The molecule has 0 spiro atoms. The number of carbonyl (C=O) groups is 1. The van der Waals surface area contributed by atoms with Crippen molar-refractivity contribution in [2.24, 2.45) is 5.73 Å². The van der Waals surface area contributed by atoms with E-state index in [-0.39, 0.29) is 5.91 Å². The molecule has 0 saturated carbocycles. The molecular weight excluding hydrogens is 314 g/mol. The lowest BCUT2D eigenvalue weighted by Gasteiger charge is -2.31. The fraction of sp³-hybridized carbons (Fsp3) is 0.300. The predicted octanol–water partition coefficient (Wildman–Crippen LogP) is 3.31. The van der Waals surface area contributed by atoms with Gasteiger partial charge in [-0.2, -0.15) is 0 Å². The molecule has 0 unspecified atom stereocenters. The van der Waals surface area contributed by atoms with Crippen LogP contribution in [-0.4, -0.2) is 28.9 Å². The zero-order chi connectivity index (χ0) is 17.2. The first kappa shape index (κ1) is 15.8. The summed E-state index contributed by atoms with van der Waals surface area (Å²) in [5, 5.41) is 0. The van der Waals surface area contributed by atoms with Crippen LogP contribution in [0.5, 0.6) is 0 Å². The van der Waals surface area contributed by atoms with E-state index in [4.69, 9.17) is 10.2 Å². The fourth-order valence-corrected chi connectivity index (χ4v) is 3.50. The predicted molar refractivity (Wildman–Crippen MR) is 96.2 cm³/mol. The Kier molecular flexibility index (Phi) is 4.24. The smallest absolute Gasteiger partial charge is 0.248 e. The molecule has 2 heterocycles. The van der Waals surface area contributed by atoms with Gasteiger partial charge in [0.2, 0.25) is 5.91 Å². The minimum absolute atomic E-state index is 0.325. The van der Waals surface area contributed by atoms with Gasteiger partial charge >= 0.3 is 0 Å². The number of para-hydroxylation sites is 2. The number of nitrogens with zero attached hydrogens (tertiary/aromatic N) is 2. The maximum atomic E-state index is 11.2. The Morgan fingerprint density at radius 3 is 2.76 bits per heavy atom. The number of hydrogen-bond acceptors (Lipinski definition) is 4. The van der Waals surface area contributed by atoms with Gasteiger partial charge in [0.25, 0.3) is 0 Å². The number of hydrogen-bond donors (Lipinski definition) is 1. The van der Waals surface area contributed by atoms with Gasteiger partial charge in [0.1, 0.15) is 5.52 Å². The molecule has 1 aliphatic rings. The highest BCUT2D eigenvalue weighted by Gasteiger charge is 2.25. The van der Waals surface area contributed by atoms with Crippen LogP contribution < -0.4 is 5.73 Å². The summed E-state index contributed by atoms with van der Waals surface area (Å²) in [7, 11) is 0. The van der Waals surface area contributed by atoms with Crippen molar-refractivity contribution in [1.82, 2.24) is 9.88 Å². The molecule has 25 heavy (non-hydrogen) atoms. The number of aromatic nitrogens is 1. The van der Waals surface area contributed by atoms with E-state index in [2.05, 4.69) is 9.88 Å². The van der Waals surface area contributed by atoms with Crippen LogP contribution in [0.1, 0.15) is 40.6 Å². The molecule has 2 aromatic carbocycles. The number of fused-ring (bicyclic) bond motifs is 1. The standard InChI is InChI=1S/C20H21N3O2/c21-19(24)15-9-7-14(8-10-15)12-23-11-3-4-16(13-23)20-22-17-5-1-2-6-18(17)25-20/h1-2,5-10,16H,3-4,11-13H2,(H2,21,24)/t16-/m1/s1. The van der Waals surface area contributed by atoms with Crippen LogP contribution in [0.2, 0.25) is 0 Å². The summed E-state index contributed by atoms with van der Waals surface area (Å²) in [6.45, 7) is 2.86. The van der Waals surface area contributed by atoms with Crippen molar-refractivity contribution in [2.75, 3.05) is 13.1 Å². The van der Waals surface area contributed by atoms with E-state index in [0.29, 0.717) is 11.5 Å². The van der Waals surface area contributed by atoms with Crippen LogP contribution in [0.25, 0.3) is 11.1 Å². The molecule has 3 aromatic rings. The van der Waals surface area contributed by atoms with E-state index < -0.39 is 0 Å². The minimum Gasteiger partial charge on any atom is -0.440 e. The van der Waals surface area contributed by atoms with Crippen LogP contribution in [0, 0.1) is 0 Å². The van der Waals surface area contributed by atoms with Gasteiger partial charge in [-0.05, 0) is 49.2 Å². The third kappa shape index (κ3) is 3.42. The zero-order valence-corrected chi connectivity index (χ0v) is 14.0. The van der Waals surface area contributed by atoms with Gasteiger partial charge in [0, 0.05) is 24.6 Å². The number of benzene rings is 2. The van der Waals surface area contributed by atoms with Crippen LogP contribution in [0.3, 0.4) is 0 Å². The van der Waals surface area contributed by atoms with E-state index in [9.17, 15) is 4.79 Å². The highest BCUT2D eigenvalue weighted by molar-refractivity contribution is 5.92. The van der Waals surface area contributed by atoms with E-state index in [1.165, 1.54) is 5.56 Å². The molecule has 1 saturated heterocycles. The van der Waals surface area contributed by atoms with Crippen molar-refractivity contribution < 1.29 is 9.21 Å². The fourth-order valence-electron chi connectivity index (χ4n) is 3.50. The second-order valence-electron chi connectivity index (χ2n) is 6.66. The molecule has 2 N–H and O–H groups in total. The lowest BCUT2D eigenvalue weighted by Crippen LogP contribution is -2.34. The summed E-state index contributed by atoms with van der Waals surface area (Å²) in [5.41, 5.74) is 8.81. The maximum absolute atomic E-state index is 11.2. The Balaban J connectivity index is 1.46. The molecule has 5 nitrogen and oxygen atoms in total. The Labute approximate surface area is 146 Å². The summed E-state index contributed by atoms with van der Waals surface area (Å²) in [6, 6.07) is 15.4. The Morgan fingerprint density at radius 1 is 1.20 bits per heavy atom. The van der Waals surface area contributed by atoms with Gasteiger partial charge in [-0.15, -0.1) is 0 Å². The lowest BCUT2D eigenvalue weighted by atomic mass is 9.97. The first-order valence-corrected chi connectivity index (χ1v) is 8.65. The second kappa shape index (κ2) is 6.69. The monoisotopic (exact) mass is 335 g/mol. The molecular formula is C20H21N3O2. The minimum atomic E-state index is -0.388. The number of likely N-dealkylation sites (tertiary alicyclic amines) is 1. The number of rotatable bonds is 4. The van der Waals surface area contributed by atoms with Gasteiger partial charge in [0.05, 0.1) is 0 Å². The van der Waals surface area contributed by atoms with E-state index >= 15 is 0 Å². The molecule has 0 aliphatic carbocycles. The van der Waals surface area contributed by atoms with Gasteiger partial charge in [-0.1, -0.05) is 24.3 Å². The highest BCUT2D eigenvalue weighted by atomic mass is 16.3. The first-order valence-electron chi connectivity index (χ1n) is 8.65. The number of piperidine rings is 1. The van der Waals surface area contributed by atoms with E-state index in [1.807, 2.05) is 36.4 Å². The summed E-state index contributed by atoms with van der Waals surface area (Å²) in [6.07, 6.45) is 2.23. The van der Waals surface area contributed by atoms with Crippen LogP contribution >= 0.6 is 0 Å². The molecule has 1 fully saturated rings. The normalized spacial score (nSPS) is 18.5. The highest BCUT2D eigenvalue weighted by Crippen LogP contribution is 2.29. The molecule has 0 bridgehead atoms. The summed E-state index contributed by atoms with van der Waals surface area (Å²) < 4.78 is 5.96. The van der Waals surface area contributed by atoms with Gasteiger partial charge in [0.15, 0.2) is 11.5 Å². The average molecular weight is 335 g/mol. The summed E-state index contributed by atoms with van der Waals surface area (Å²) >= 11 is 0. The van der Waals surface area contributed by atoms with Crippen LogP contribution in [-0.2, 0) is 6.54 Å². The van der Waals surface area contributed by atoms with Crippen molar-refractivity contribution >= 4 is 17.0 Å². The Hall–Kier alpha value is -2.66. The summed E-state index contributed by atoms with van der Waals surface area (Å²) in [5.74, 6) is 0.779. The number of nitrogens with two attached hydrogens (primary N) is 1. The topological polar surface area (TPSA) is 72.4 Å². The van der Waals surface area contributed by atoms with Gasteiger partial charge < -0.3 is 10.2 Å². The van der Waals surface area contributed by atoms with Crippen LogP contribution in [0.4, 0.5) is 0 Å². The van der Waals surface area contributed by atoms with Gasteiger partial charge in [-0.25, -0.2) is 4.98 Å². The van der Waals surface area contributed by atoms with E-state index in [0.717, 1.165) is 49.5 Å². The maximum Gasteiger partial charge on any atom is 0.248 e. The molecule has 1 atom stereocenters. The third-order valence-electron chi connectivity index (χ3n) is 4.81.